The molecule has 0 saturated carbocycles. The van der Waals surface area contributed by atoms with E-state index in [-0.39, 0.29) is 0 Å². The van der Waals surface area contributed by atoms with Gasteiger partial charge in [0, 0.05) is 16.3 Å². The first-order valence-corrected chi connectivity index (χ1v) is 8.06. The molecule has 0 aliphatic rings. The second kappa shape index (κ2) is 6.80. The highest BCUT2D eigenvalue weighted by atomic mass is 35.5. The van der Waals surface area contributed by atoms with E-state index in [4.69, 9.17) is 17.3 Å². The summed E-state index contributed by atoms with van der Waals surface area (Å²) >= 11 is 7.39. The van der Waals surface area contributed by atoms with Gasteiger partial charge in [0.15, 0.2) is 0 Å². The molecule has 0 saturated heterocycles. The zero-order valence-corrected chi connectivity index (χ0v) is 13.5. The molecule has 0 radical (unpaired) electrons. The normalized spacial score (nSPS) is 10.7. The first-order valence-electron chi connectivity index (χ1n) is 6.69. The van der Waals surface area contributed by atoms with Gasteiger partial charge in [-0.2, -0.15) is 4.68 Å². The summed E-state index contributed by atoms with van der Waals surface area (Å²) < 4.78 is 1.65. The number of rotatable bonds is 5. The molecule has 0 spiro atoms. The minimum Gasteiger partial charge on any atom is -0.366 e. The van der Waals surface area contributed by atoms with Crippen LogP contribution in [0.4, 0.5) is 0 Å². The monoisotopic (exact) mass is 345 g/mol. The van der Waals surface area contributed by atoms with E-state index < -0.39 is 5.91 Å². The third-order valence-electron chi connectivity index (χ3n) is 3.12. The lowest BCUT2D eigenvalue weighted by molar-refractivity contribution is 0.100. The lowest BCUT2D eigenvalue weighted by atomic mass is 10.1. The maximum absolute atomic E-state index is 11.1. The van der Waals surface area contributed by atoms with Crippen molar-refractivity contribution in [2.75, 3.05) is 0 Å². The van der Waals surface area contributed by atoms with Crippen LogP contribution in [0.25, 0.3) is 5.69 Å². The van der Waals surface area contributed by atoms with Crippen molar-refractivity contribution < 1.29 is 4.79 Å². The Morgan fingerprint density at radius 1 is 1.13 bits per heavy atom. The molecule has 116 valence electrons. The molecule has 0 fully saturated rings. The molecule has 0 aliphatic carbocycles. The van der Waals surface area contributed by atoms with Crippen LogP contribution in [0.5, 0.6) is 0 Å². The second-order valence-corrected chi connectivity index (χ2v) is 6.08. The van der Waals surface area contributed by atoms with Crippen LogP contribution in [0.1, 0.15) is 15.9 Å². The smallest absolute Gasteiger partial charge is 0.248 e. The first-order chi connectivity index (χ1) is 11.1. The largest absolute Gasteiger partial charge is 0.366 e. The number of hydrogen-bond acceptors (Lipinski definition) is 5. The molecular weight excluding hydrogens is 334 g/mol. The number of primary amides is 1. The SMILES string of the molecule is NC(=O)c1ccc(CSc2nnnn2-c2ccc(Cl)cc2)cc1. The zero-order chi connectivity index (χ0) is 16.2. The molecule has 0 bridgehead atoms. The number of tetrazole rings is 1. The number of carbonyl (C=O) groups excluding carboxylic acids is 1. The van der Waals surface area contributed by atoms with Crippen molar-refractivity contribution >= 4 is 29.3 Å². The van der Waals surface area contributed by atoms with Gasteiger partial charge in [-0.05, 0) is 52.4 Å². The average Bonchev–Trinajstić information content (AvgIpc) is 3.02. The minimum atomic E-state index is -0.434. The number of amides is 1. The minimum absolute atomic E-state index is 0.434. The molecule has 23 heavy (non-hydrogen) atoms. The highest BCUT2D eigenvalue weighted by Crippen LogP contribution is 2.23. The molecule has 3 aromatic rings. The topological polar surface area (TPSA) is 86.7 Å². The van der Waals surface area contributed by atoms with E-state index in [1.165, 1.54) is 11.8 Å². The van der Waals surface area contributed by atoms with Gasteiger partial charge in [-0.25, -0.2) is 0 Å². The molecule has 1 aromatic heterocycles. The maximum Gasteiger partial charge on any atom is 0.248 e. The number of aromatic nitrogens is 4. The van der Waals surface area contributed by atoms with Crippen LogP contribution in [0, 0.1) is 0 Å². The summed E-state index contributed by atoms with van der Waals surface area (Å²) in [5.74, 6) is 0.239. The van der Waals surface area contributed by atoms with Crippen LogP contribution in [0.2, 0.25) is 5.02 Å². The van der Waals surface area contributed by atoms with Crippen LogP contribution in [-0.4, -0.2) is 26.1 Å². The van der Waals surface area contributed by atoms with Crippen molar-refractivity contribution in [3.8, 4) is 5.69 Å². The molecule has 1 heterocycles. The Balaban J connectivity index is 1.73. The Morgan fingerprint density at radius 3 is 2.48 bits per heavy atom. The van der Waals surface area contributed by atoms with Gasteiger partial charge >= 0.3 is 0 Å². The highest BCUT2D eigenvalue weighted by Gasteiger charge is 2.09. The fraction of sp³-hybridized carbons (Fsp3) is 0.0667. The Hall–Kier alpha value is -2.38. The summed E-state index contributed by atoms with van der Waals surface area (Å²) in [5.41, 5.74) is 7.60. The number of nitrogens with zero attached hydrogens (tertiary/aromatic N) is 4. The van der Waals surface area contributed by atoms with Crippen molar-refractivity contribution in [1.82, 2.24) is 20.2 Å². The second-order valence-electron chi connectivity index (χ2n) is 4.70. The van der Waals surface area contributed by atoms with E-state index in [9.17, 15) is 4.79 Å². The Labute approximate surface area is 141 Å². The van der Waals surface area contributed by atoms with Crippen LogP contribution in [-0.2, 0) is 5.75 Å². The van der Waals surface area contributed by atoms with Crippen LogP contribution in [0.15, 0.2) is 53.7 Å². The third-order valence-corrected chi connectivity index (χ3v) is 4.36. The molecule has 2 aromatic carbocycles. The van der Waals surface area contributed by atoms with Crippen LogP contribution in [0.3, 0.4) is 0 Å². The van der Waals surface area contributed by atoms with Crippen LogP contribution >= 0.6 is 23.4 Å². The number of nitrogens with two attached hydrogens (primary N) is 1. The number of carbonyl (C=O) groups is 1. The fourth-order valence-corrected chi connectivity index (χ4v) is 2.90. The van der Waals surface area contributed by atoms with Gasteiger partial charge in [-0.15, -0.1) is 5.10 Å². The quantitative estimate of drug-likeness (QED) is 0.718. The van der Waals surface area contributed by atoms with E-state index >= 15 is 0 Å². The summed E-state index contributed by atoms with van der Waals surface area (Å²) in [4.78, 5) is 11.1. The van der Waals surface area contributed by atoms with Crippen molar-refractivity contribution in [3.63, 3.8) is 0 Å². The third kappa shape index (κ3) is 3.69. The van der Waals surface area contributed by atoms with Crippen molar-refractivity contribution in [2.45, 2.75) is 10.9 Å². The molecule has 3 rings (SSSR count). The number of benzene rings is 2. The van der Waals surface area contributed by atoms with Gasteiger partial charge in [0.05, 0.1) is 5.69 Å². The molecule has 8 heteroatoms. The number of halogens is 1. The molecule has 6 nitrogen and oxygen atoms in total. The van der Waals surface area contributed by atoms with Crippen LogP contribution < -0.4 is 5.73 Å². The standard InChI is InChI=1S/C15H12ClN5OS/c16-12-5-7-13(8-6-12)21-15(18-19-20-21)23-9-10-1-3-11(4-2-10)14(17)22/h1-8H,9H2,(H2,17,22). The predicted octanol–water partition coefficient (Wildman–Crippen LogP) is 2.71. The lowest BCUT2D eigenvalue weighted by Gasteiger charge is -2.05. The lowest BCUT2D eigenvalue weighted by Crippen LogP contribution is -2.10. The summed E-state index contributed by atoms with van der Waals surface area (Å²) in [6, 6.07) is 14.4. The van der Waals surface area contributed by atoms with Gasteiger partial charge in [0.25, 0.3) is 0 Å². The maximum atomic E-state index is 11.1. The first kappa shape index (κ1) is 15.5. The average molecular weight is 346 g/mol. The number of hydrogen-bond donors (Lipinski definition) is 1. The summed E-state index contributed by atoms with van der Waals surface area (Å²) in [7, 11) is 0. The summed E-state index contributed by atoms with van der Waals surface area (Å²) in [5, 5.41) is 13.1. The highest BCUT2D eigenvalue weighted by molar-refractivity contribution is 7.98. The fourth-order valence-electron chi connectivity index (χ4n) is 1.93. The van der Waals surface area contributed by atoms with E-state index in [0.29, 0.717) is 21.5 Å². The van der Waals surface area contributed by atoms with Gasteiger partial charge in [0.2, 0.25) is 11.1 Å². The molecule has 0 aliphatic heterocycles. The summed E-state index contributed by atoms with van der Waals surface area (Å²) in [6.07, 6.45) is 0. The molecular formula is C15H12ClN5OS. The Morgan fingerprint density at radius 2 is 1.83 bits per heavy atom. The van der Waals surface area contributed by atoms with E-state index in [1.54, 1.807) is 28.9 Å². The molecule has 0 atom stereocenters. The van der Waals surface area contributed by atoms with Crippen molar-refractivity contribution in [1.29, 1.82) is 0 Å². The van der Waals surface area contributed by atoms with E-state index in [1.807, 2.05) is 24.3 Å². The van der Waals surface area contributed by atoms with Gasteiger partial charge in [0.1, 0.15) is 0 Å². The summed E-state index contributed by atoms with van der Waals surface area (Å²) in [6.45, 7) is 0. The van der Waals surface area contributed by atoms with Crippen molar-refractivity contribution in [3.05, 3.63) is 64.7 Å². The van der Waals surface area contributed by atoms with Gasteiger partial charge in [-0.1, -0.05) is 35.5 Å². The van der Waals surface area contributed by atoms with E-state index in [2.05, 4.69) is 15.5 Å². The molecule has 2 N–H and O–H groups in total. The zero-order valence-electron chi connectivity index (χ0n) is 11.9. The molecule has 0 unspecified atom stereocenters. The van der Waals surface area contributed by atoms with Gasteiger partial charge < -0.3 is 5.73 Å². The number of thioether (sulfide) groups is 1. The van der Waals surface area contributed by atoms with Gasteiger partial charge in [-0.3, -0.25) is 4.79 Å². The molecule has 1 amide bonds. The Bertz CT molecular complexity index is 817. The Kier molecular flexibility index (Phi) is 4.59. The van der Waals surface area contributed by atoms with E-state index in [0.717, 1.165) is 11.3 Å². The van der Waals surface area contributed by atoms with Crippen molar-refractivity contribution in [2.24, 2.45) is 5.73 Å². The predicted molar refractivity (Wildman–Crippen MR) is 88.7 cm³/mol.